The molecule has 1 aromatic carbocycles. The lowest BCUT2D eigenvalue weighted by atomic mass is 10.1. The van der Waals surface area contributed by atoms with Gasteiger partial charge in [-0.25, -0.2) is 0 Å². The molecule has 0 amide bonds. The number of benzene rings is 1. The summed E-state index contributed by atoms with van der Waals surface area (Å²) in [5.41, 5.74) is 2.24. The molecule has 0 saturated heterocycles. The lowest BCUT2D eigenvalue weighted by Gasteiger charge is -2.15. The highest BCUT2D eigenvalue weighted by Gasteiger charge is 2.14. The van der Waals surface area contributed by atoms with Crippen LogP contribution in [-0.4, -0.2) is 39.3 Å². The first-order valence-corrected chi connectivity index (χ1v) is 7.07. The average molecular weight is 276 g/mol. The second-order valence-electron chi connectivity index (χ2n) is 5.11. The number of furan rings is 1. The number of fused-ring (bicyclic) bond motifs is 1. The van der Waals surface area contributed by atoms with E-state index in [0.717, 1.165) is 44.0 Å². The lowest BCUT2D eigenvalue weighted by molar-refractivity contribution is 0.176. The van der Waals surface area contributed by atoms with Gasteiger partial charge in [-0.3, -0.25) is 4.90 Å². The van der Waals surface area contributed by atoms with E-state index >= 15 is 0 Å². The number of hydrogen-bond acceptors (Lipinski definition) is 4. The van der Waals surface area contributed by atoms with Gasteiger partial charge in [-0.2, -0.15) is 0 Å². The van der Waals surface area contributed by atoms with Crippen LogP contribution < -0.4 is 5.32 Å². The Hall–Kier alpha value is -1.36. The Morgan fingerprint density at radius 1 is 1.30 bits per heavy atom. The predicted molar refractivity (Wildman–Crippen MR) is 81.8 cm³/mol. The second-order valence-corrected chi connectivity index (χ2v) is 5.11. The van der Waals surface area contributed by atoms with E-state index in [1.807, 2.05) is 19.2 Å². The minimum Gasteiger partial charge on any atom is -0.459 e. The Labute approximate surface area is 120 Å². The van der Waals surface area contributed by atoms with Gasteiger partial charge in [0.1, 0.15) is 11.3 Å². The highest BCUT2D eigenvalue weighted by atomic mass is 16.5. The van der Waals surface area contributed by atoms with E-state index in [2.05, 4.69) is 29.4 Å². The van der Waals surface area contributed by atoms with Crippen molar-refractivity contribution >= 4 is 11.0 Å². The third-order valence-corrected chi connectivity index (χ3v) is 3.44. The van der Waals surface area contributed by atoms with E-state index in [4.69, 9.17) is 9.15 Å². The molecule has 4 nitrogen and oxygen atoms in total. The SMILES string of the molecule is CNCc1c(CN(C)CCCOC)oc2ccccc12. The Bertz CT molecular complexity index is 536. The van der Waals surface area contributed by atoms with Gasteiger partial charge in [-0.1, -0.05) is 18.2 Å². The number of hydrogen-bond donors (Lipinski definition) is 1. The van der Waals surface area contributed by atoms with Crippen LogP contribution in [0.15, 0.2) is 28.7 Å². The van der Waals surface area contributed by atoms with Crippen LogP contribution >= 0.6 is 0 Å². The summed E-state index contributed by atoms with van der Waals surface area (Å²) in [6.45, 7) is 3.46. The number of nitrogens with one attached hydrogen (secondary N) is 1. The average Bonchev–Trinajstić information content (AvgIpc) is 2.78. The zero-order valence-corrected chi connectivity index (χ0v) is 12.6. The fraction of sp³-hybridized carbons (Fsp3) is 0.500. The predicted octanol–water partition coefficient (Wildman–Crippen LogP) is 2.62. The van der Waals surface area contributed by atoms with E-state index < -0.39 is 0 Å². The maximum Gasteiger partial charge on any atom is 0.134 e. The van der Waals surface area contributed by atoms with Crippen LogP contribution in [0.3, 0.4) is 0 Å². The third-order valence-electron chi connectivity index (χ3n) is 3.44. The molecule has 0 aliphatic rings. The van der Waals surface area contributed by atoms with Crippen LogP contribution in [0.25, 0.3) is 11.0 Å². The molecule has 0 aliphatic heterocycles. The van der Waals surface area contributed by atoms with Crippen molar-refractivity contribution in [3.8, 4) is 0 Å². The Kier molecular flexibility index (Phi) is 5.59. The maximum absolute atomic E-state index is 6.02. The van der Waals surface area contributed by atoms with Crippen LogP contribution in [0.4, 0.5) is 0 Å². The lowest BCUT2D eigenvalue weighted by Crippen LogP contribution is -2.21. The van der Waals surface area contributed by atoms with E-state index in [9.17, 15) is 0 Å². The molecule has 0 fully saturated rings. The van der Waals surface area contributed by atoms with Crippen molar-refractivity contribution in [2.75, 3.05) is 34.4 Å². The number of nitrogens with zero attached hydrogens (tertiary/aromatic N) is 1. The maximum atomic E-state index is 6.02. The van der Waals surface area contributed by atoms with Gasteiger partial charge in [0.2, 0.25) is 0 Å². The first-order valence-electron chi connectivity index (χ1n) is 7.07. The van der Waals surface area contributed by atoms with E-state index in [-0.39, 0.29) is 0 Å². The van der Waals surface area contributed by atoms with Crippen molar-refractivity contribution in [1.82, 2.24) is 10.2 Å². The largest absolute Gasteiger partial charge is 0.459 e. The molecule has 0 atom stereocenters. The van der Waals surface area contributed by atoms with Crippen LogP contribution in [0.5, 0.6) is 0 Å². The summed E-state index contributed by atoms with van der Waals surface area (Å²) in [7, 11) is 5.82. The van der Waals surface area contributed by atoms with Gasteiger partial charge in [0.05, 0.1) is 6.54 Å². The molecule has 20 heavy (non-hydrogen) atoms. The fourth-order valence-electron chi connectivity index (χ4n) is 2.45. The minimum atomic E-state index is 0.799. The van der Waals surface area contributed by atoms with E-state index in [1.54, 1.807) is 7.11 Å². The molecule has 1 heterocycles. The van der Waals surface area contributed by atoms with Gasteiger partial charge < -0.3 is 14.5 Å². The Morgan fingerprint density at radius 3 is 2.85 bits per heavy atom. The number of ether oxygens (including phenoxy) is 1. The normalized spacial score (nSPS) is 11.6. The highest BCUT2D eigenvalue weighted by molar-refractivity contribution is 5.82. The standard InChI is InChI=1S/C16H24N2O2/c1-17-11-14-13-7-4-5-8-15(13)20-16(14)12-18(2)9-6-10-19-3/h4-5,7-8,17H,6,9-12H2,1-3H3. The summed E-state index contributed by atoms with van der Waals surface area (Å²) < 4.78 is 11.1. The first-order chi connectivity index (χ1) is 9.76. The Balaban J connectivity index is 2.13. The molecule has 0 radical (unpaired) electrons. The van der Waals surface area contributed by atoms with Crippen LogP contribution in [0.1, 0.15) is 17.7 Å². The molecule has 0 aliphatic carbocycles. The van der Waals surface area contributed by atoms with Crippen molar-refractivity contribution in [2.45, 2.75) is 19.5 Å². The second kappa shape index (κ2) is 7.43. The highest BCUT2D eigenvalue weighted by Crippen LogP contribution is 2.26. The van der Waals surface area contributed by atoms with Crippen molar-refractivity contribution in [2.24, 2.45) is 0 Å². The minimum absolute atomic E-state index is 0.799. The molecule has 0 spiro atoms. The molecule has 4 heteroatoms. The number of methoxy groups -OCH3 is 1. The monoisotopic (exact) mass is 276 g/mol. The number of rotatable bonds is 8. The molecular weight excluding hydrogens is 252 g/mol. The van der Waals surface area contributed by atoms with Gasteiger partial charge in [-0.05, 0) is 26.6 Å². The zero-order chi connectivity index (χ0) is 14.4. The molecule has 2 aromatic rings. The summed E-state index contributed by atoms with van der Waals surface area (Å²) in [5, 5.41) is 4.44. The zero-order valence-electron chi connectivity index (χ0n) is 12.6. The quantitative estimate of drug-likeness (QED) is 0.752. The third kappa shape index (κ3) is 3.60. The van der Waals surface area contributed by atoms with Gasteiger partial charge in [0, 0.05) is 37.8 Å². The topological polar surface area (TPSA) is 37.6 Å². The van der Waals surface area contributed by atoms with E-state index in [0.29, 0.717) is 0 Å². The molecule has 0 unspecified atom stereocenters. The van der Waals surface area contributed by atoms with Crippen molar-refractivity contribution in [3.05, 3.63) is 35.6 Å². The Morgan fingerprint density at radius 2 is 2.10 bits per heavy atom. The van der Waals surface area contributed by atoms with Crippen LogP contribution in [0, 0.1) is 0 Å². The molecule has 1 N–H and O–H groups in total. The van der Waals surface area contributed by atoms with Gasteiger partial charge in [0.15, 0.2) is 0 Å². The summed E-state index contributed by atoms with van der Waals surface area (Å²) in [5.74, 6) is 1.06. The molecule has 0 bridgehead atoms. The molecule has 1 aromatic heterocycles. The van der Waals surface area contributed by atoms with Crippen LogP contribution in [-0.2, 0) is 17.8 Å². The van der Waals surface area contributed by atoms with Gasteiger partial charge in [-0.15, -0.1) is 0 Å². The first kappa shape index (κ1) is 15.0. The van der Waals surface area contributed by atoms with E-state index in [1.165, 1.54) is 10.9 Å². The summed E-state index contributed by atoms with van der Waals surface area (Å²) in [6.07, 6.45) is 1.04. The van der Waals surface area contributed by atoms with Crippen molar-refractivity contribution in [1.29, 1.82) is 0 Å². The summed E-state index contributed by atoms with van der Waals surface area (Å²) >= 11 is 0. The van der Waals surface area contributed by atoms with Crippen molar-refractivity contribution in [3.63, 3.8) is 0 Å². The molecule has 2 rings (SSSR count). The van der Waals surface area contributed by atoms with Crippen molar-refractivity contribution < 1.29 is 9.15 Å². The summed E-state index contributed by atoms with van der Waals surface area (Å²) in [4.78, 5) is 2.27. The molecule has 110 valence electrons. The van der Waals surface area contributed by atoms with Gasteiger partial charge >= 0.3 is 0 Å². The summed E-state index contributed by atoms with van der Waals surface area (Å²) in [6, 6.07) is 8.23. The van der Waals surface area contributed by atoms with Gasteiger partial charge in [0.25, 0.3) is 0 Å². The number of para-hydroxylation sites is 1. The van der Waals surface area contributed by atoms with Crippen LogP contribution in [0.2, 0.25) is 0 Å². The molecular formula is C16H24N2O2. The molecule has 0 saturated carbocycles. The fourth-order valence-corrected chi connectivity index (χ4v) is 2.45. The smallest absolute Gasteiger partial charge is 0.134 e.